The molecule has 3 aromatic rings. The summed E-state index contributed by atoms with van der Waals surface area (Å²) in [4.78, 5) is 24.8. The van der Waals surface area contributed by atoms with Crippen molar-refractivity contribution in [3.05, 3.63) is 83.9 Å². The lowest BCUT2D eigenvalue weighted by atomic mass is 10.1. The minimum Gasteiger partial charge on any atom is -0.490 e. The van der Waals surface area contributed by atoms with Crippen molar-refractivity contribution < 1.29 is 28.5 Å². The van der Waals surface area contributed by atoms with Crippen LogP contribution in [0.5, 0.6) is 23.0 Å². The number of fused-ring (bicyclic) bond motifs is 1. The predicted octanol–water partition coefficient (Wildman–Crippen LogP) is 4.77. The molecule has 0 saturated heterocycles. The molecule has 0 unspecified atom stereocenters. The lowest BCUT2D eigenvalue weighted by molar-refractivity contribution is -0.118. The van der Waals surface area contributed by atoms with Gasteiger partial charge in [0.25, 0.3) is 5.91 Å². The first kappa shape index (κ1) is 22.9. The van der Waals surface area contributed by atoms with Gasteiger partial charge in [0.05, 0.1) is 6.61 Å². The van der Waals surface area contributed by atoms with E-state index in [0.29, 0.717) is 54.1 Å². The Morgan fingerprint density at radius 1 is 0.912 bits per heavy atom. The number of anilines is 1. The highest BCUT2D eigenvalue weighted by Gasteiger charge is 2.14. The Bertz CT molecular complexity index is 1190. The summed E-state index contributed by atoms with van der Waals surface area (Å²) in [6.45, 7) is 3.09. The van der Waals surface area contributed by atoms with Crippen molar-refractivity contribution in [3.63, 3.8) is 0 Å². The van der Waals surface area contributed by atoms with Gasteiger partial charge in [-0.1, -0.05) is 30.3 Å². The van der Waals surface area contributed by atoms with Gasteiger partial charge in [0.15, 0.2) is 35.4 Å². The van der Waals surface area contributed by atoms with Crippen molar-refractivity contribution in [1.29, 1.82) is 0 Å². The summed E-state index contributed by atoms with van der Waals surface area (Å²) in [6.07, 6.45) is 3.19. The zero-order valence-corrected chi connectivity index (χ0v) is 18.8. The zero-order chi connectivity index (χ0) is 23.8. The SMILES string of the molecule is CCOc1cc(/C=C/C(=O)c2ccc3c(c2)OCCO3)ccc1OCC(=O)Nc1ccccc1. The highest BCUT2D eigenvalue weighted by Crippen LogP contribution is 2.31. The van der Waals surface area contributed by atoms with Gasteiger partial charge in [-0.3, -0.25) is 9.59 Å². The number of hydrogen-bond acceptors (Lipinski definition) is 6. The summed E-state index contributed by atoms with van der Waals surface area (Å²) >= 11 is 0. The molecule has 0 spiro atoms. The van der Waals surface area contributed by atoms with Gasteiger partial charge in [-0.2, -0.15) is 0 Å². The van der Waals surface area contributed by atoms with Gasteiger partial charge >= 0.3 is 0 Å². The third kappa shape index (κ3) is 5.95. The van der Waals surface area contributed by atoms with Crippen LogP contribution in [0.2, 0.25) is 0 Å². The average Bonchev–Trinajstić information content (AvgIpc) is 2.87. The molecular formula is C27H25NO6. The average molecular weight is 459 g/mol. The molecule has 0 radical (unpaired) electrons. The highest BCUT2D eigenvalue weighted by molar-refractivity contribution is 6.07. The van der Waals surface area contributed by atoms with E-state index in [1.807, 2.05) is 25.1 Å². The number of para-hydroxylation sites is 1. The predicted molar refractivity (Wildman–Crippen MR) is 129 cm³/mol. The molecule has 0 aromatic heterocycles. The van der Waals surface area contributed by atoms with Gasteiger partial charge in [0, 0.05) is 11.3 Å². The fraction of sp³-hybridized carbons (Fsp3) is 0.185. The van der Waals surface area contributed by atoms with Crippen LogP contribution in [0.25, 0.3) is 6.08 Å². The summed E-state index contributed by atoms with van der Waals surface area (Å²) in [5.41, 5.74) is 1.97. The van der Waals surface area contributed by atoms with E-state index in [1.165, 1.54) is 6.08 Å². The lowest BCUT2D eigenvalue weighted by Gasteiger charge is -2.18. The van der Waals surface area contributed by atoms with Crippen LogP contribution in [0, 0.1) is 0 Å². The lowest BCUT2D eigenvalue weighted by Crippen LogP contribution is -2.20. The molecule has 1 N–H and O–H groups in total. The fourth-order valence-electron chi connectivity index (χ4n) is 3.34. The van der Waals surface area contributed by atoms with Gasteiger partial charge in [-0.15, -0.1) is 0 Å². The van der Waals surface area contributed by atoms with Crippen LogP contribution >= 0.6 is 0 Å². The van der Waals surface area contributed by atoms with Crippen LogP contribution in [0.1, 0.15) is 22.8 Å². The second-order valence-electron chi connectivity index (χ2n) is 7.40. The molecule has 0 aliphatic carbocycles. The molecule has 174 valence electrons. The molecule has 0 bridgehead atoms. The van der Waals surface area contributed by atoms with Crippen LogP contribution in [-0.2, 0) is 4.79 Å². The second-order valence-corrected chi connectivity index (χ2v) is 7.40. The van der Waals surface area contributed by atoms with Crippen molar-refractivity contribution in [2.75, 3.05) is 31.7 Å². The summed E-state index contributed by atoms with van der Waals surface area (Å²) in [6, 6.07) is 19.6. The van der Waals surface area contributed by atoms with E-state index in [0.717, 1.165) is 5.56 Å². The van der Waals surface area contributed by atoms with E-state index in [-0.39, 0.29) is 18.3 Å². The zero-order valence-electron chi connectivity index (χ0n) is 18.8. The Morgan fingerprint density at radius 2 is 1.71 bits per heavy atom. The maximum atomic E-state index is 12.6. The molecule has 4 rings (SSSR count). The molecule has 1 heterocycles. The smallest absolute Gasteiger partial charge is 0.262 e. The molecule has 3 aromatic carbocycles. The minimum atomic E-state index is -0.275. The van der Waals surface area contributed by atoms with Gasteiger partial charge < -0.3 is 24.3 Å². The van der Waals surface area contributed by atoms with E-state index in [9.17, 15) is 9.59 Å². The fourth-order valence-corrected chi connectivity index (χ4v) is 3.34. The van der Waals surface area contributed by atoms with E-state index < -0.39 is 0 Å². The first-order chi connectivity index (χ1) is 16.6. The topological polar surface area (TPSA) is 83.1 Å². The van der Waals surface area contributed by atoms with Crippen LogP contribution in [-0.4, -0.2) is 38.1 Å². The minimum absolute atomic E-state index is 0.159. The number of ether oxygens (including phenoxy) is 4. The third-order valence-electron chi connectivity index (χ3n) is 4.94. The van der Waals surface area contributed by atoms with E-state index in [1.54, 1.807) is 54.6 Å². The van der Waals surface area contributed by atoms with E-state index in [4.69, 9.17) is 18.9 Å². The number of benzene rings is 3. The summed E-state index contributed by atoms with van der Waals surface area (Å²) in [5.74, 6) is 1.71. The number of carbonyl (C=O) groups excluding carboxylic acids is 2. The quantitative estimate of drug-likeness (QED) is 0.367. The number of hydrogen-bond donors (Lipinski definition) is 1. The molecule has 1 aliphatic rings. The van der Waals surface area contributed by atoms with Crippen LogP contribution in [0.15, 0.2) is 72.8 Å². The summed E-state index contributed by atoms with van der Waals surface area (Å²) in [7, 11) is 0. The monoisotopic (exact) mass is 459 g/mol. The van der Waals surface area contributed by atoms with Gasteiger partial charge in [0.2, 0.25) is 0 Å². The molecule has 1 aliphatic heterocycles. The van der Waals surface area contributed by atoms with Gasteiger partial charge in [0.1, 0.15) is 13.2 Å². The number of ketones is 1. The molecule has 0 saturated carbocycles. The Morgan fingerprint density at radius 3 is 2.50 bits per heavy atom. The number of carbonyl (C=O) groups is 2. The largest absolute Gasteiger partial charge is 0.490 e. The first-order valence-electron chi connectivity index (χ1n) is 11.0. The van der Waals surface area contributed by atoms with Crippen molar-refractivity contribution in [2.45, 2.75) is 6.92 Å². The molecule has 0 fully saturated rings. The maximum Gasteiger partial charge on any atom is 0.262 e. The third-order valence-corrected chi connectivity index (χ3v) is 4.94. The Kier molecular flexibility index (Phi) is 7.45. The summed E-state index contributed by atoms with van der Waals surface area (Å²) in [5, 5.41) is 2.77. The van der Waals surface area contributed by atoms with Crippen molar-refractivity contribution in [3.8, 4) is 23.0 Å². The molecular weight excluding hydrogens is 434 g/mol. The van der Waals surface area contributed by atoms with Crippen molar-refractivity contribution >= 4 is 23.5 Å². The molecule has 0 atom stereocenters. The standard InChI is InChI=1S/C27H25NO6/c1-2-31-25-16-19(8-11-22(29)20-10-13-23-26(17-20)33-15-14-32-23)9-12-24(25)34-18-27(30)28-21-6-4-3-5-7-21/h3-13,16-17H,2,14-15,18H2,1H3,(H,28,30)/b11-8+. The van der Waals surface area contributed by atoms with Crippen LogP contribution in [0.3, 0.4) is 0 Å². The molecule has 7 heteroatoms. The van der Waals surface area contributed by atoms with Crippen molar-refractivity contribution in [1.82, 2.24) is 0 Å². The highest BCUT2D eigenvalue weighted by atomic mass is 16.6. The van der Waals surface area contributed by atoms with Crippen LogP contribution < -0.4 is 24.3 Å². The number of rotatable bonds is 9. The Hall–Kier alpha value is -4.26. The molecule has 34 heavy (non-hydrogen) atoms. The number of allylic oxidation sites excluding steroid dienone is 1. The Balaban J connectivity index is 1.40. The number of nitrogens with one attached hydrogen (secondary N) is 1. The van der Waals surface area contributed by atoms with E-state index >= 15 is 0 Å². The van der Waals surface area contributed by atoms with Gasteiger partial charge in [-0.05, 0) is 61.0 Å². The van der Waals surface area contributed by atoms with E-state index in [2.05, 4.69) is 5.32 Å². The first-order valence-corrected chi connectivity index (χ1v) is 11.0. The second kappa shape index (κ2) is 11.0. The maximum absolute atomic E-state index is 12.6. The summed E-state index contributed by atoms with van der Waals surface area (Å²) < 4.78 is 22.4. The van der Waals surface area contributed by atoms with Crippen molar-refractivity contribution in [2.24, 2.45) is 0 Å². The molecule has 7 nitrogen and oxygen atoms in total. The normalized spacial score (nSPS) is 12.3. The van der Waals surface area contributed by atoms with Gasteiger partial charge in [-0.25, -0.2) is 0 Å². The van der Waals surface area contributed by atoms with Crippen LogP contribution in [0.4, 0.5) is 5.69 Å². The Labute approximate surface area is 197 Å². The molecule has 1 amide bonds. The number of amides is 1.